The molecule has 1 aliphatic rings. The molecule has 0 atom stereocenters. The first-order valence-electron chi connectivity index (χ1n) is 9.37. The molecule has 2 aromatic heterocycles. The quantitative estimate of drug-likeness (QED) is 0.522. The molecule has 28 heavy (non-hydrogen) atoms. The van der Waals surface area contributed by atoms with E-state index < -0.39 is 0 Å². The molecule has 3 aromatic rings. The number of nitrogens with zero attached hydrogens (tertiary/aromatic N) is 5. The minimum Gasteiger partial charge on any atom is -0.352 e. The van der Waals surface area contributed by atoms with E-state index in [1.807, 2.05) is 58.0 Å². The van der Waals surface area contributed by atoms with Crippen molar-refractivity contribution in [3.8, 4) is 0 Å². The first-order valence-corrected chi connectivity index (χ1v) is 9.37. The van der Waals surface area contributed by atoms with Crippen molar-refractivity contribution in [1.82, 2.24) is 25.2 Å². The summed E-state index contributed by atoms with van der Waals surface area (Å²) >= 11 is 0. The predicted octanol–water partition coefficient (Wildman–Crippen LogP) is 1.72. The van der Waals surface area contributed by atoms with Crippen LogP contribution in [0.25, 0.3) is 5.65 Å². The number of aliphatic imine (C=N–C) groups is 1. The number of hydrogen-bond acceptors (Lipinski definition) is 4. The van der Waals surface area contributed by atoms with Gasteiger partial charge in [-0.05, 0) is 36.2 Å². The number of nitrogens with one attached hydrogen (secondary N) is 2. The van der Waals surface area contributed by atoms with Crippen LogP contribution in [0.3, 0.4) is 0 Å². The van der Waals surface area contributed by atoms with Crippen molar-refractivity contribution >= 4 is 23.2 Å². The van der Waals surface area contributed by atoms with Gasteiger partial charge in [0.05, 0.1) is 6.54 Å². The molecule has 1 amide bonds. The Bertz CT molecular complexity index is 993. The minimum atomic E-state index is 0.205. The molecule has 0 radical (unpaired) electrons. The lowest BCUT2D eigenvalue weighted by atomic mass is 10.2. The summed E-state index contributed by atoms with van der Waals surface area (Å²) in [5.74, 6) is 1.71. The van der Waals surface area contributed by atoms with Gasteiger partial charge >= 0.3 is 0 Å². The van der Waals surface area contributed by atoms with Gasteiger partial charge in [0.25, 0.3) is 0 Å². The standard InChI is InChI=1S/C20H23N7O/c1-21-20(23-14-18-25-24-17-5-2-3-11-27(17)18)22-13-15-7-9-16(10-8-15)26-12-4-6-19(26)28/h2-3,5,7-11H,4,6,12-14H2,1H3,(H2,21,22,23). The molecule has 1 aromatic carbocycles. The van der Waals surface area contributed by atoms with E-state index in [0.717, 1.165) is 35.7 Å². The Hall–Kier alpha value is -3.42. The smallest absolute Gasteiger partial charge is 0.227 e. The molecule has 8 nitrogen and oxygen atoms in total. The number of hydrogen-bond donors (Lipinski definition) is 2. The summed E-state index contributed by atoms with van der Waals surface area (Å²) in [6, 6.07) is 13.9. The molecule has 1 aliphatic heterocycles. The Kier molecular flexibility index (Phi) is 5.18. The lowest BCUT2D eigenvalue weighted by Gasteiger charge is -2.16. The molecule has 3 heterocycles. The molecule has 1 saturated heterocycles. The second-order valence-corrected chi connectivity index (χ2v) is 6.64. The number of guanidine groups is 1. The average molecular weight is 377 g/mol. The van der Waals surface area contributed by atoms with Crippen molar-refractivity contribution < 1.29 is 4.79 Å². The van der Waals surface area contributed by atoms with E-state index >= 15 is 0 Å². The largest absolute Gasteiger partial charge is 0.352 e. The Morgan fingerprint density at radius 1 is 1.11 bits per heavy atom. The summed E-state index contributed by atoms with van der Waals surface area (Å²) < 4.78 is 1.94. The lowest BCUT2D eigenvalue weighted by Crippen LogP contribution is -2.36. The maximum absolute atomic E-state index is 11.8. The highest BCUT2D eigenvalue weighted by Crippen LogP contribution is 2.21. The van der Waals surface area contributed by atoms with Crippen LogP contribution in [-0.4, -0.2) is 40.1 Å². The number of rotatable bonds is 5. The second-order valence-electron chi connectivity index (χ2n) is 6.64. The summed E-state index contributed by atoms with van der Waals surface area (Å²) in [5.41, 5.74) is 2.90. The van der Waals surface area contributed by atoms with E-state index in [-0.39, 0.29) is 5.91 Å². The Morgan fingerprint density at radius 3 is 2.68 bits per heavy atom. The fraction of sp³-hybridized carbons (Fsp3) is 0.300. The summed E-state index contributed by atoms with van der Waals surface area (Å²) in [6.45, 7) is 1.96. The lowest BCUT2D eigenvalue weighted by molar-refractivity contribution is -0.117. The number of anilines is 1. The van der Waals surface area contributed by atoms with E-state index in [2.05, 4.69) is 25.8 Å². The SMILES string of the molecule is CN=C(NCc1ccc(N2CCCC2=O)cc1)NCc1nnc2ccccn12. The molecule has 8 heteroatoms. The predicted molar refractivity (Wildman–Crippen MR) is 108 cm³/mol. The van der Waals surface area contributed by atoms with Gasteiger partial charge < -0.3 is 15.5 Å². The van der Waals surface area contributed by atoms with Gasteiger partial charge in [-0.25, -0.2) is 0 Å². The Morgan fingerprint density at radius 2 is 1.93 bits per heavy atom. The molecule has 4 rings (SSSR count). The van der Waals surface area contributed by atoms with Crippen LogP contribution < -0.4 is 15.5 Å². The summed E-state index contributed by atoms with van der Waals surface area (Å²) in [6.07, 6.45) is 3.52. The molecule has 1 fully saturated rings. The maximum Gasteiger partial charge on any atom is 0.227 e. The van der Waals surface area contributed by atoms with Gasteiger partial charge in [0.15, 0.2) is 17.4 Å². The molecule has 0 saturated carbocycles. The highest BCUT2D eigenvalue weighted by molar-refractivity contribution is 5.95. The highest BCUT2D eigenvalue weighted by atomic mass is 16.2. The van der Waals surface area contributed by atoms with Crippen molar-refractivity contribution in [2.45, 2.75) is 25.9 Å². The van der Waals surface area contributed by atoms with Gasteiger partial charge in [0.1, 0.15) is 0 Å². The summed E-state index contributed by atoms with van der Waals surface area (Å²) in [4.78, 5) is 17.9. The third-order valence-electron chi connectivity index (χ3n) is 4.80. The van der Waals surface area contributed by atoms with Crippen LogP contribution in [0.1, 0.15) is 24.2 Å². The topological polar surface area (TPSA) is 86.9 Å². The fourth-order valence-electron chi connectivity index (χ4n) is 3.30. The van der Waals surface area contributed by atoms with Crippen LogP contribution in [0.5, 0.6) is 0 Å². The number of fused-ring (bicyclic) bond motifs is 1. The normalized spacial score (nSPS) is 14.7. The van der Waals surface area contributed by atoms with Crippen LogP contribution in [-0.2, 0) is 17.9 Å². The van der Waals surface area contributed by atoms with Crippen molar-refractivity contribution in [3.05, 3.63) is 60.0 Å². The summed E-state index contributed by atoms with van der Waals surface area (Å²) in [5, 5.41) is 14.9. The molecular weight excluding hydrogens is 354 g/mol. The van der Waals surface area contributed by atoms with Crippen molar-refractivity contribution in [1.29, 1.82) is 0 Å². The zero-order valence-corrected chi connectivity index (χ0v) is 15.8. The van der Waals surface area contributed by atoms with Crippen LogP contribution in [0.4, 0.5) is 5.69 Å². The average Bonchev–Trinajstić information content (AvgIpc) is 3.35. The second kappa shape index (κ2) is 8.08. The summed E-state index contributed by atoms with van der Waals surface area (Å²) in [7, 11) is 1.74. The van der Waals surface area contributed by atoms with Crippen molar-refractivity contribution in [2.75, 3.05) is 18.5 Å². The van der Waals surface area contributed by atoms with E-state index in [1.165, 1.54) is 0 Å². The van der Waals surface area contributed by atoms with Crippen LogP contribution in [0.15, 0.2) is 53.7 Å². The van der Waals surface area contributed by atoms with E-state index in [1.54, 1.807) is 7.05 Å². The van der Waals surface area contributed by atoms with Gasteiger partial charge in [-0.3, -0.25) is 14.2 Å². The number of benzene rings is 1. The fourth-order valence-corrected chi connectivity index (χ4v) is 3.30. The van der Waals surface area contributed by atoms with Crippen LogP contribution in [0.2, 0.25) is 0 Å². The van der Waals surface area contributed by atoms with E-state index in [4.69, 9.17) is 0 Å². The Labute approximate surface area is 163 Å². The van der Waals surface area contributed by atoms with Crippen LogP contribution >= 0.6 is 0 Å². The monoisotopic (exact) mass is 377 g/mol. The first kappa shape index (κ1) is 18.0. The highest BCUT2D eigenvalue weighted by Gasteiger charge is 2.21. The van der Waals surface area contributed by atoms with Crippen LogP contribution in [0, 0.1) is 0 Å². The number of aromatic nitrogens is 3. The molecule has 0 spiro atoms. The van der Waals surface area contributed by atoms with E-state index in [0.29, 0.717) is 25.5 Å². The third kappa shape index (κ3) is 3.80. The van der Waals surface area contributed by atoms with E-state index in [9.17, 15) is 4.79 Å². The third-order valence-corrected chi connectivity index (χ3v) is 4.80. The maximum atomic E-state index is 11.8. The molecule has 2 N–H and O–H groups in total. The first-order chi connectivity index (χ1) is 13.7. The molecular formula is C20H23N7O. The number of carbonyl (C=O) groups excluding carboxylic acids is 1. The molecule has 0 bridgehead atoms. The van der Waals surface area contributed by atoms with Gasteiger partial charge in [-0.15, -0.1) is 10.2 Å². The van der Waals surface area contributed by atoms with Crippen molar-refractivity contribution in [3.63, 3.8) is 0 Å². The Balaban J connectivity index is 1.32. The molecule has 0 unspecified atom stereocenters. The number of amides is 1. The number of pyridine rings is 1. The zero-order chi connectivity index (χ0) is 19.3. The molecule has 0 aliphatic carbocycles. The van der Waals surface area contributed by atoms with Gasteiger partial charge in [-0.1, -0.05) is 18.2 Å². The number of carbonyl (C=O) groups is 1. The minimum absolute atomic E-state index is 0.205. The van der Waals surface area contributed by atoms with Crippen molar-refractivity contribution in [2.24, 2.45) is 4.99 Å². The molecule has 144 valence electrons. The zero-order valence-electron chi connectivity index (χ0n) is 15.8. The van der Waals surface area contributed by atoms with Gasteiger partial charge in [-0.2, -0.15) is 0 Å². The van der Waals surface area contributed by atoms with Gasteiger partial charge in [0.2, 0.25) is 5.91 Å². The van der Waals surface area contributed by atoms with Gasteiger partial charge in [0, 0.05) is 38.4 Å².